The number of rotatable bonds is 6. The fourth-order valence-electron chi connectivity index (χ4n) is 1.71. The van der Waals surface area contributed by atoms with E-state index in [-0.39, 0.29) is 5.91 Å². The predicted molar refractivity (Wildman–Crippen MR) is 74.6 cm³/mol. The van der Waals surface area contributed by atoms with Crippen molar-refractivity contribution in [2.45, 2.75) is 20.8 Å². The Morgan fingerprint density at radius 2 is 1.89 bits per heavy atom. The van der Waals surface area contributed by atoms with Gasteiger partial charge in [0.05, 0.1) is 6.61 Å². The number of para-hydroxylation sites is 1. The van der Waals surface area contributed by atoms with Gasteiger partial charge in [-0.15, -0.1) is 0 Å². The van der Waals surface area contributed by atoms with Gasteiger partial charge in [0, 0.05) is 24.7 Å². The molecular formula is C15H21NO2. The molecule has 1 amide bonds. The van der Waals surface area contributed by atoms with Crippen LogP contribution < -0.4 is 4.74 Å². The Morgan fingerprint density at radius 3 is 2.50 bits per heavy atom. The molecule has 0 spiro atoms. The zero-order valence-electron chi connectivity index (χ0n) is 11.3. The lowest BCUT2D eigenvalue weighted by atomic mass is 10.2. The topological polar surface area (TPSA) is 29.5 Å². The minimum Gasteiger partial charge on any atom is -0.493 e. The zero-order valence-corrected chi connectivity index (χ0v) is 11.3. The second-order valence-electron chi connectivity index (χ2n) is 3.81. The normalized spacial score (nSPS) is 10.6. The van der Waals surface area contributed by atoms with Crippen molar-refractivity contribution in [2.75, 3.05) is 19.7 Å². The number of hydrogen-bond acceptors (Lipinski definition) is 2. The molecule has 0 aliphatic carbocycles. The summed E-state index contributed by atoms with van der Waals surface area (Å²) in [5, 5.41) is 0. The van der Waals surface area contributed by atoms with Crippen molar-refractivity contribution >= 4 is 12.0 Å². The van der Waals surface area contributed by atoms with E-state index in [1.54, 1.807) is 11.0 Å². The molecule has 1 aromatic rings. The summed E-state index contributed by atoms with van der Waals surface area (Å²) in [5.41, 5.74) is 0.930. The van der Waals surface area contributed by atoms with Crippen LogP contribution in [-0.2, 0) is 4.79 Å². The fourth-order valence-corrected chi connectivity index (χ4v) is 1.71. The number of amides is 1. The number of ether oxygens (including phenoxy) is 1. The van der Waals surface area contributed by atoms with Crippen molar-refractivity contribution in [2.24, 2.45) is 0 Å². The molecule has 0 atom stereocenters. The van der Waals surface area contributed by atoms with Gasteiger partial charge in [-0.2, -0.15) is 0 Å². The lowest BCUT2D eigenvalue weighted by Crippen LogP contribution is -2.28. The molecule has 1 aromatic carbocycles. The first-order chi connectivity index (χ1) is 8.72. The van der Waals surface area contributed by atoms with E-state index in [0.29, 0.717) is 6.61 Å². The van der Waals surface area contributed by atoms with Crippen molar-refractivity contribution in [1.82, 2.24) is 4.90 Å². The third kappa shape index (κ3) is 3.91. The maximum atomic E-state index is 11.8. The molecule has 18 heavy (non-hydrogen) atoms. The van der Waals surface area contributed by atoms with E-state index in [2.05, 4.69) is 0 Å². The Balaban J connectivity index is 2.80. The molecule has 0 N–H and O–H groups in total. The van der Waals surface area contributed by atoms with E-state index in [1.807, 2.05) is 51.1 Å². The van der Waals surface area contributed by atoms with E-state index >= 15 is 0 Å². The zero-order chi connectivity index (χ0) is 13.4. The summed E-state index contributed by atoms with van der Waals surface area (Å²) in [6.45, 7) is 7.97. The van der Waals surface area contributed by atoms with Crippen LogP contribution in [-0.4, -0.2) is 30.5 Å². The quantitative estimate of drug-likeness (QED) is 0.723. The van der Waals surface area contributed by atoms with Crippen LogP contribution in [0.25, 0.3) is 6.08 Å². The van der Waals surface area contributed by atoms with Crippen LogP contribution in [0.4, 0.5) is 0 Å². The van der Waals surface area contributed by atoms with Crippen LogP contribution in [0.2, 0.25) is 0 Å². The molecule has 0 radical (unpaired) electrons. The molecule has 0 fully saturated rings. The molecule has 3 nitrogen and oxygen atoms in total. The third-order valence-electron chi connectivity index (χ3n) is 2.70. The molecule has 0 aromatic heterocycles. The van der Waals surface area contributed by atoms with Gasteiger partial charge in [0.25, 0.3) is 0 Å². The Bertz CT molecular complexity index is 409. The van der Waals surface area contributed by atoms with Gasteiger partial charge in [-0.05, 0) is 32.9 Å². The highest BCUT2D eigenvalue weighted by Crippen LogP contribution is 2.19. The highest BCUT2D eigenvalue weighted by Gasteiger charge is 2.05. The van der Waals surface area contributed by atoms with Gasteiger partial charge in [-0.1, -0.05) is 18.2 Å². The summed E-state index contributed by atoms with van der Waals surface area (Å²) in [4.78, 5) is 13.6. The van der Waals surface area contributed by atoms with E-state index in [1.165, 1.54) is 0 Å². The summed E-state index contributed by atoms with van der Waals surface area (Å²) in [6.07, 6.45) is 3.41. The van der Waals surface area contributed by atoms with Crippen LogP contribution >= 0.6 is 0 Å². The van der Waals surface area contributed by atoms with E-state index in [4.69, 9.17) is 4.74 Å². The molecule has 0 heterocycles. The highest BCUT2D eigenvalue weighted by atomic mass is 16.5. The van der Waals surface area contributed by atoms with E-state index in [0.717, 1.165) is 24.4 Å². The van der Waals surface area contributed by atoms with Crippen LogP contribution in [0, 0.1) is 0 Å². The third-order valence-corrected chi connectivity index (χ3v) is 2.70. The number of nitrogens with zero attached hydrogens (tertiary/aromatic N) is 1. The second kappa shape index (κ2) is 7.54. The minimum absolute atomic E-state index is 0.0336. The summed E-state index contributed by atoms with van der Waals surface area (Å²) in [6, 6.07) is 7.71. The summed E-state index contributed by atoms with van der Waals surface area (Å²) < 4.78 is 5.51. The standard InChI is InChI=1S/C15H21NO2/c1-4-16(5-2)15(17)12-11-13-9-7-8-10-14(13)18-6-3/h7-12H,4-6H2,1-3H3. The van der Waals surface area contributed by atoms with E-state index in [9.17, 15) is 4.79 Å². The molecule has 0 saturated carbocycles. The SMILES string of the molecule is CCOc1ccccc1C=CC(=O)N(CC)CC. The Hall–Kier alpha value is -1.77. The van der Waals surface area contributed by atoms with Crippen molar-refractivity contribution in [3.8, 4) is 5.75 Å². The molecular weight excluding hydrogens is 226 g/mol. The van der Waals surface area contributed by atoms with Crippen LogP contribution in [0.5, 0.6) is 5.75 Å². The summed E-state index contributed by atoms with van der Waals surface area (Å²) in [5.74, 6) is 0.842. The Kier molecular flexibility index (Phi) is 5.98. The van der Waals surface area contributed by atoms with Crippen molar-refractivity contribution in [3.05, 3.63) is 35.9 Å². The first kappa shape index (κ1) is 14.3. The lowest BCUT2D eigenvalue weighted by molar-refractivity contribution is -0.125. The second-order valence-corrected chi connectivity index (χ2v) is 3.81. The number of hydrogen-bond donors (Lipinski definition) is 0. The average Bonchev–Trinajstić information content (AvgIpc) is 2.39. The van der Waals surface area contributed by atoms with Gasteiger partial charge in [-0.25, -0.2) is 0 Å². The molecule has 98 valence electrons. The summed E-state index contributed by atoms with van der Waals surface area (Å²) >= 11 is 0. The monoisotopic (exact) mass is 247 g/mol. The first-order valence-corrected chi connectivity index (χ1v) is 6.41. The van der Waals surface area contributed by atoms with Crippen LogP contribution in [0.1, 0.15) is 26.3 Å². The fraction of sp³-hybridized carbons (Fsp3) is 0.400. The smallest absolute Gasteiger partial charge is 0.246 e. The van der Waals surface area contributed by atoms with Crippen molar-refractivity contribution < 1.29 is 9.53 Å². The molecule has 3 heteroatoms. The van der Waals surface area contributed by atoms with Gasteiger partial charge >= 0.3 is 0 Å². The van der Waals surface area contributed by atoms with Crippen molar-refractivity contribution in [1.29, 1.82) is 0 Å². The Morgan fingerprint density at radius 1 is 1.22 bits per heavy atom. The highest BCUT2D eigenvalue weighted by molar-refractivity contribution is 5.92. The number of carbonyl (C=O) groups is 1. The van der Waals surface area contributed by atoms with Gasteiger partial charge in [0.15, 0.2) is 0 Å². The van der Waals surface area contributed by atoms with Gasteiger partial charge in [0.2, 0.25) is 5.91 Å². The minimum atomic E-state index is 0.0336. The molecule has 0 aliphatic heterocycles. The van der Waals surface area contributed by atoms with Gasteiger partial charge < -0.3 is 9.64 Å². The largest absolute Gasteiger partial charge is 0.493 e. The van der Waals surface area contributed by atoms with Crippen molar-refractivity contribution in [3.63, 3.8) is 0 Å². The maximum absolute atomic E-state index is 11.8. The number of carbonyl (C=O) groups excluding carboxylic acids is 1. The first-order valence-electron chi connectivity index (χ1n) is 6.41. The molecule has 0 aliphatic rings. The van der Waals surface area contributed by atoms with E-state index < -0.39 is 0 Å². The molecule has 0 saturated heterocycles. The molecule has 1 rings (SSSR count). The maximum Gasteiger partial charge on any atom is 0.246 e. The van der Waals surface area contributed by atoms with Gasteiger partial charge in [0.1, 0.15) is 5.75 Å². The average molecular weight is 247 g/mol. The number of benzene rings is 1. The van der Waals surface area contributed by atoms with Gasteiger partial charge in [-0.3, -0.25) is 4.79 Å². The molecule has 0 unspecified atom stereocenters. The van der Waals surface area contributed by atoms with Crippen LogP contribution in [0.3, 0.4) is 0 Å². The number of likely N-dealkylation sites (N-methyl/N-ethyl adjacent to an activating group) is 1. The Labute approximate surface area is 109 Å². The summed E-state index contributed by atoms with van der Waals surface area (Å²) in [7, 11) is 0. The van der Waals surface area contributed by atoms with Crippen LogP contribution in [0.15, 0.2) is 30.3 Å². The lowest BCUT2D eigenvalue weighted by Gasteiger charge is -2.16. The predicted octanol–water partition coefficient (Wildman–Crippen LogP) is 2.97. The molecule has 0 bridgehead atoms.